The monoisotopic (exact) mass is 416 g/mol. The predicted octanol–water partition coefficient (Wildman–Crippen LogP) is 4.47. The lowest BCUT2D eigenvalue weighted by atomic mass is 10.1. The zero-order valence-electron chi connectivity index (χ0n) is 17.9. The molecule has 0 fully saturated rings. The zero-order chi connectivity index (χ0) is 21.5. The highest BCUT2D eigenvalue weighted by Gasteiger charge is 2.19. The normalized spacial score (nSPS) is 12.2. The van der Waals surface area contributed by atoms with Gasteiger partial charge in [0, 0.05) is 19.6 Å². The number of likely N-dealkylation sites (N-methyl/N-ethyl adjacent to an activating group) is 1. The SMILES string of the molecule is CCN(CC(=O)N(Cc1ccccc1)Cc1ccccc1)Cc1ccc2c(c1)OCO2. The van der Waals surface area contributed by atoms with Gasteiger partial charge in [0.2, 0.25) is 12.7 Å². The topological polar surface area (TPSA) is 42.0 Å². The summed E-state index contributed by atoms with van der Waals surface area (Å²) in [6.07, 6.45) is 0. The molecule has 5 nitrogen and oxygen atoms in total. The summed E-state index contributed by atoms with van der Waals surface area (Å²) in [6.45, 7) is 5.37. The Morgan fingerprint density at radius 3 is 2.00 bits per heavy atom. The van der Waals surface area contributed by atoms with Crippen LogP contribution in [0.5, 0.6) is 11.5 Å². The number of nitrogens with zero attached hydrogens (tertiary/aromatic N) is 2. The van der Waals surface area contributed by atoms with Gasteiger partial charge in [-0.2, -0.15) is 0 Å². The van der Waals surface area contributed by atoms with Gasteiger partial charge in [-0.05, 0) is 35.4 Å². The van der Waals surface area contributed by atoms with Crippen LogP contribution in [0.2, 0.25) is 0 Å². The molecule has 0 unspecified atom stereocenters. The average Bonchev–Trinajstić information content (AvgIpc) is 3.27. The van der Waals surface area contributed by atoms with Crippen molar-refractivity contribution in [1.29, 1.82) is 0 Å². The molecule has 0 radical (unpaired) electrons. The van der Waals surface area contributed by atoms with E-state index in [2.05, 4.69) is 36.1 Å². The van der Waals surface area contributed by atoms with Crippen LogP contribution in [0, 0.1) is 0 Å². The summed E-state index contributed by atoms with van der Waals surface area (Å²) < 4.78 is 10.9. The molecular formula is C26H28N2O3. The van der Waals surface area contributed by atoms with Crippen molar-refractivity contribution < 1.29 is 14.3 Å². The van der Waals surface area contributed by atoms with Crippen LogP contribution in [0.25, 0.3) is 0 Å². The summed E-state index contributed by atoms with van der Waals surface area (Å²) in [5.74, 6) is 1.67. The fourth-order valence-electron chi connectivity index (χ4n) is 3.71. The van der Waals surface area contributed by atoms with Gasteiger partial charge in [0.1, 0.15) is 0 Å². The Morgan fingerprint density at radius 2 is 1.39 bits per heavy atom. The number of fused-ring (bicyclic) bond motifs is 1. The second kappa shape index (κ2) is 10.1. The fraction of sp³-hybridized carbons (Fsp3) is 0.269. The highest BCUT2D eigenvalue weighted by Crippen LogP contribution is 2.32. The van der Waals surface area contributed by atoms with Crippen molar-refractivity contribution >= 4 is 5.91 Å². The maximum atomic E-state index is 13.3. The molecule has 1 aliphatic heterocycles. The Hall–Kier alpha value is -3.31. The van der Waals surface area contributed by atoms with Crippen LogP contribution in [0.4, 0.5) is 0 Å². The minimum atomic E-state index is 0.121. The summed E-state index contributed by atoms with van der Waals surface area (Å²) in [5, 5.41) is 0. The van der Waals surface area contributed by atoms with E-state index < -0.39 is 0 Å². The summed E-state index contributed by atoms with van der Waals surface area (Å²) >= 11 is 0. The standard InChI is InChI=1S/C26H28N2O3/c1-2-27(16-23-13-14-24-25(15-23)31-20-30-24)19-26(29)28(17-21-9-5-3-6-10-21)18-22-11-7-4-8-12-22/h3-15H,2,16-20H2,1H3. The molecule has 1 amide bonds. The van der Waals surface area contributed by atoms with E-state index in [0.29, 0.717) is 26.2 Å². The Kier molecular flexibility index (Phi) is 6.85. The van der Waals surface area contributed by atoms with Crippen molar-refractivity contribution in [2.75, 3.05) is 19.9 Å². The van der Waals surface area contributed by atoms with E-state index >= 15 is 0 Å². The molecule has 0 saturated heterocycles. The lowest BCUT2D eigenvalue weighted by Gasteiger charge is -2.27. The van der Waals surface area contributed by atoms with Crippen LogP contribution >= 0.6 is 0 Å². The van der Waals surface area contributed by atoms with Crippen molar-refractivity contribution in [1.82, 2.24) is 9.80 Å². The van der Waals surface area contributed by atoms with Crippen molar-refractivity contribution in [3.8, 4) is 11.5 Å². The molecule has 3 aromatic rings. The Balaban J connectivity index is 1.45. The van der Waals surface area contributed by atoms with Gasteiger partial charge in [-0.15, -0.1) is 0 Å². The lowest BCUT2D eigenvalue weighted by molar-refractivity contribution is -0.133. The molecule has 0 spiro atoms. The first kappa shape index (κ1) is 20.9. The predicted molar refractivity (Wildman–Crippen MR) is 121 cm³/mol. The maximum Gasteiger partial charge on any atom is 0.237 e. The molecule has 4 rings (SSSR count). The molecule has 5 heteroatoms. The number of rotatable bonds is 9. The third kappa shape index (κ3) is 5.64. The van der Waals surface area contributed by atoms with Crippen molar-refractivity contribution in [3.63, 3.8) is 0 Å². The van der Waals surface area contributed by atoms with Crippen LogP contribution in [-0.4, -0.2) is 35.6 Å². The molecule has 0 N–H and O–H groups in total. The molecule has 31 heavy (non-hydrogen) atoms. The number of carbonyl (C=O) groups excluding carboxylic acids is 1. The summed E-state index contributed by atoms with van der Waals surface area (Å²) in [4.78, 5) is 17.4. The molecular weight excluding hydrogens is 388 g/mol. The molecule has 0 bridgehead atoms. The fourth-order valence-corrected chi connectivity index (χ4v) is 3.71. The van der Waals surface area contributed by atoms with Gasteiger partial charge in [0.15, 0.2) is 11.5 Å². The first-order valence-electron chi connectivity index (χ1n) is 10.7. The van der Waals surface area contributed by atoms with E-state index in [4.69, 9.17) is 9.47 Å². The van der Waals surface area contributed by atoms with Crippen LogP contribution in [0.1, 0.15) is 23.6 Å². The smallest absolute Gasteiger partial charge is 0.237 e. The van der Waals surface area contributed by atoms with E-state index in [1.807, 2.05) is 59.5 Å². The minimum Gasteiger partial charge on any atom is -0.454 e. The number of hydrogen-bond donors (Lipinski definition) is 0. The highest BCUT2D eigenvalue weighted by molar-refractivity contribution is 5.78. The van der Waals surface area contributed by atoms with Crippen LogP contribution in [-0.2, 0) is 24.4 Å². The first-order valence-corrected chi connectivity index (χ1v) is 10.7. The molecule has 1 heterocycles. The Labute approximate surface area is 183 Å². The van der Waals surface area contributed by atoms with Crippen molar-refractivity contribution in [2.24, 2.45) is 0 Å². The largest absolute Gasteiger partial charge is 0.454 e. The molecule has 0 saturated carbocycles. The molecule has 0 aliphatic carbocycles. The third-order valence-electron chi connectivity index (χ3n) is 5.43. The number of hydrogen-bond acceptors (Lipinski definition) is 4. The van der Waals surface area contributed by atoms with Gasteiger partial charge in [-0.1, -0.05) is 73.7 Å². The van der Waals surface area contributed by atoms with E-state index in [1.165, 1.54) is 0 Å². The zero-order valence-corrected chi connectivity index (χ0v) is 17.9. The van der Waals surface area contributed by atoms with Gasteiger partial charge in [0.05, 0.1) is 6.54 Å². The summed E-state index contributed by atoms with van der Waals surface area (Å²) in [7, 11) is 0. The Morgan fingerprint density at radius 1 is 0.774 bits per heavy atom. The molecule has 160 valence electrons. The lowest BCUT2D eigenvalue weighted by Crippen LogP contribution is -2.39. The van der Waals surface area contributed by atoms with E-state index in [0.717, 1.165) is 34.7 Å². The van der Waals surface area contributed by atoms with Crippen molar-refractivity contribution in [2.45, 2.75) is 26.6 Å². The van der Waals surface area contributed by atoms with Gasteiger partial charge in [-0.25, -0.2) is 0 Å². The summed E-state index contributed by atoms with van der Waals surface area (Å²) in [5.41, 5.74) is 3.37. The summed E-state index contributed by atoms with van der Waals surface area (Å²) in [6, 6.07) is 26.3. The van der Waals surface area contributed by atoms with Gasteiger partial charge < -0.3 is 14.4 Å². The quantitative estimate of drug-likeness (QED) is 0.516. The van der Waals surface area contributed by atoms with Gasteiger partial charge >= 0.3 is 0 Å². The molecule has 1 aliphatic rings. The maximum absolute atomic E-state index is 13.3. The first-order chi connectivity index (χ1) is 15.2. The average molecular weight is 417 g/mol. The second-order valence-corrected chi connectivity index (χ2v) is 7.71. The number of carbonyl (C=O) groups is 1. The van der Waals surface area contributed by atoms with Gasteiger partial charge in [0.25, 0.3) is 0 Å². The van der Waals surface area contributed by atoms with Crippen molar-refractivity contribution in [3.05, 3.63) is 95.6 Å². The van der Waals surface area contributed by atoms with E-state index in [-0.39, 0.29) is 12.7 Å². The Bertz CT molecular complexity index is 951. The molecule has 0 aromatic heterocycles. The number of amides is 1. The van der Waals surface area contributed by atoms with Gasteiger partial charge in [-0.3, -0.25) is 9.69 Å². The molecule has 3 aromatic carbocycles. The highest BCUT2D eigenvalue weighted by atomic mass is 16.7. The third-order valence-corrected chi connectivity index (χ3v) is 5.43. The minimum absolute atomic E-state index is 0.121. The number of benzene rings is 3. The van der Waals surface area contributed by atoms with E-state index in [9.17, 15) is 4.79 Å². The van der Waals surface area contributed by atoms with Crippen LogP contribution in [0.15, 0.2) is 78.9 Å². The number of ether oxygens (including phenoxy) is 2. The van der Waals surface area contributed by atoms with E-state index in [1.54, 1.807) is 0 Å². The second-order valence-electron chi connectivity index (χ2n) is 7.71. The van der Waals surface area contributed by atoms with Crippen LogP contribution in [0.3, 0.4) is 0 Å². The molecule has 0 atom stereocenters. The van der Waals surface area contributed by atoms with Crippen LogP contribution < -0.4 is 9.47 Å².